The lowest BCUT2D eigenvalue weighted by molar-refractivity contribution is 0.0951. The maximum absolute atomic E-state index is 13.4. The summed E-state index contributed by atoms with van der Waals surface area (Å²) in [5.74, 6) is 0.356. The zero-order valence-corrected chi connectivity index (χ0v) is 20.6. The number of hydrogen-bond donors (Lipinski definition) is 1. The number of pyridine rings is 1. The fourth-order valence-electron chi connectivity index (χ4n) is 3.97. The molecule has 3 aromatic carbocycles. The standard InChI is InChI=1S/C29H25FN4OS/c1-20-4-2-3-5-24(20)16-32-28(35)23-10-6-22(7-11-23)19-36-29-33-26-14-15-31-17-27(26)34(29)18-21-8-12-25(30)13-9-21/h2-15,17H,16,18-19H2,1H3,(H,32,35). The first-order valence-corrected chi connectivity index (χ1v) is 12.6. The molecule has 5 aromatic rings. The van der Waals surface area contributed by atoms with Crippen LogP contribution in [0.3, 0.4) is 0 Å². The highest BCUT2D eigenvalue weighted by molar-refractivity contribution is 7.98. The van der Waals surface area contributed by atoms with E-state index in [1.54, 1.807) is 36.3 Å². The average Bonchev–Trinajstić information content (AvgIpc) is 3.25. The third-order valence-electron chi connectivity index (χ3n) is 6.05. The van der Waals surface area contributed by atoms with E-state index in [4.69, 9.17) is 4.98 Å². The van der Waals surface area contributed by atoms with Crippen molar-refractivity contribution < 1.29 is 9.18 Å². The van der Waals surface area contributed by atoms with Crippen LogP contribution in [0.1, 0.15) is 32.6 Å². The van der Waals surface area contributed by atoms with E-state index in [1.165, 1.54) is 12.1 Å². The van der Waals surface area contributed by atoms with Gasteiger partial charge in [0.15, 0.2) is 5.16 Å². The van der Waals surface area contributed by atoms with Crippen LogP contribution in [-0.2, 0) is 18.8 Å². The number of halogens is 1. The lowest BCUT2D eigenvalue weighted by Crippen LogP contribution is -2.23. The summed E-state index contributed by atoms with van der Waals surface area (Å²) in [4.78, 5) is 21.7. The van der Waals surface area contributed by atoms with Crippen LogP contribution in [0.2, 0.25) is 0 Å². The SMILES string of the molecule is Cc1ccccc1CNC(=O)c1ccc(CSc2nc3ccncc3n2Cc2ccc(F)cc2)cc1. The summed E-state index contributed by atoms with van der Waals surface area (Å²) < 4.78 is 15.5. The van der Waals surface area contributed by atoms with Crippen molar-refractivity contribution in [1.29, 1.82) is 0 Å². The molecule has 0 saturated carbocycles. The topological polar surface area (TPSA) is 59.8 Å². The van der Waals surface area contributed by atoms with Crippen molar-refractivity contribution >= 4 is 28.7 Å². The molecule has 1 amide bonds. The normalized spacial score (nSPS) is 11.1. The summed E-state index contributed by atoms with van der Waals surface area (Å²) >= 11 is 1.62. The van der Waals surface area contributed by atoms with Crippen LogP contribution >= 0.6 is 11.8 Å². The van der Waals surface area contributed by atoms with Gasteiger partial charge in [-0.25, -0.2) is 9.37 Å². The molecule has 0 atom stereocenters. The van der Waals surface area contributed by atoms with Crippen molar-refractivity contribution in [2.24, 2.45) is 0 Å². The van der Waals surface area contributed by atoms with Gasteiger partial charge in [-0.2, -0.15) is 0 Å². The van der Waals surface area contributed by atoms with Crippen LogP contribution in [0.25, 0.3) is 11.0 Å². The number of aryl methyl sites for hydroxylation is 1. The summed E-state index contributed by atoms with van der Waals surface area (Å²) in [5, 5.41) is 3.86. The first-order valence-electron chi connectivity index (χ1n) is 11.7. The van der Waals surface area contributed by atoms with Gasteiger partial charge < -0.3 is 9.88 Å². The number of fused-ring (bicyclic) bond motifs is 1. The Hall–Kier alpha value is -3.97. The minimum absolute atomic E-state index is 0.0916. The van der Waals surface area contributed by atoms with Crippen LogP contribution in [-0.4, -0.2) is 20.4 Å². The van der Waals surface area contributed by atoms with Gasteiger partial charge in [-0.05, 0) is 59.5 Å². The molecule has 0 saturated heterocycles. The lowest BCUT2D eigenvalue weighted by atomic mass is 10.1. The molecule has 36 heavy (non-hydrogen) atoms. The Kier molecular flexibility index (Phi) is 7.09. The number of nitrogens with zero attached hydrogens (tertiary/aromatic N) is 3. The maximum Gasteiger partial charge on any atom is 0.251 e. The molecule has 0 aliphatic carbocycles. The number of nitrogens with one attached hydrogen (secondary N) is 1. The highest BCUT2D eigenvalue weighted by Crippen LogP contribution is 2.27. The van der Waals surface area contributed by atoms with E-state index >= 15 is 0 Å². The fourth-order valence-corrected chi connectivity index (χ4v) is 4.94. The van der Waals surface area contributed by atoms with E-state index in [9.17, 15) is 9.18 Å². The molecule has 0 radical (unpaired) electrons. The van der Waals surface area contributed by atoms with Crippen LogP contribution in [0, 0.1) is 12.7 Å². The van der Waals surface area contributed by atoms with Gasteiger partial charge in [-0.1, -0.05) is 60.3 Å². The van der Waals surface area contributed by atoms with Crippen molar-refractivity contribution in [3.05, 3.63) is 125 Å². The Morgan fingerprint density at radius 1 is 0.972 bits per heavy atom. The number of thioether (sulfide) groups is 1. The number of rotatable bonds is 8. The quantitative estimate of drug-likeness (QED) is 0.262. The third kappa shape index (κ3) is 5.47. The molecule has 2 aromatic heterocycles. The Labute approximate surface area is 213 Å². The largest absolute Gasteiger partial charge is 0.348 e. The van der Waals surface area contributed by atoms with Gasteiger partial charge in [-0.15, -0.1) is 0 Å². The number of imidazole rings is 1. The van der Waals surface area contributed by atoms with Gasteiger partial charge in [-0.3, -0.25) is 9.78 Å². The monoisotopic (exact) mass is 496 g/mol. The number of hydrogen-bond acceptors (Lipinski definition) is 4. The second kappa shape index (κ2) is 10.7. The summed E-state index contributed by atoms with van der Waals surface area (Å²) in [7, 11) is 0. The van der Waals surface area contributed by atoms with E-state index in [2.05, 4.69) is 14.9 Å². The van der Waals surface area contributed by atoms with E-state index in [0.717, 1.165) is 38.4 Å². The van der Waals surface area contributed by atoms with Gasteiger partial charge in [0, 0.05) is 24.1 Å². The van der Waals surface area contributed by atoms with Crippen LogP contribution < -0.4 is 5.32 Å². The molecule has 0 fully saturated rings. The summed E-state index contributed by atoms with van der Waals surface area (Å²) in [6.07, 6.45) is 3.54. The predicted octanol–water partition coefficient (Wildman–Crippen LogP) is 6.15. The summed E-state index contributed by atoms with van der Waals surface area (Å²) in [5.41, 5.74) is 6.78. The van der Waals surface area contributed by atoms with Crippen molar-refractivity contribution in [1.82, 2.24) is 19.9 Å². The zero-order chi connectivity index (χ0) is 24.9. The lowest BCUT2D eigenvalue weighted by Gasteiger charge is -2.10. The number of carbonyl (C=O) groups is 1. The fraction of sp³-hybridized carbons (Fsp3) is 0.138. The van der Waals surface area contributed by atoms with Gasteiger partial charge in [0.25, 0.3) is 5.91 Å². The van der Waals surface area contributed by atoms with Gasteiger partial charge in [0.2, 0.25) is 0 Å². The average molecular weight is 497 g/mol. The summed E-state index contributed by atoms with van der Waals surface area (Å²) in [6, 6.07) is 24.1. The zero-order valence-electron chi connectivity index (χ0n) is 19.8. The predicted molar refractivity (Wildman–Crippen MR) is 141 cm³/mol. The highest BCUT2D eigenvalue weighted by atomic mass is 32.2. The smallest absolute Gasteiger partial charge is 0.251 e. The van der Waals surface area contributed by atoms with E-state index in [1.807, 2.05) is 61.5 Å². The Bertz CT molecular complexity index is 1500. The minimum Gasteiger partial charge on any atom is -0.348 e. The Morgan fingerprint density at radius 3 is 2.50 bits per heavy atom. The van der Waals surface area contributed by atoms with Gasteiger partial charge in [0.1, 0.15) is 5.82 Å². The highest BCUT2D eigenvalue weighted by Gasteiger charge is 2.13. The molecule has 0 spiro atoms. The van der Waals surface area contributed by atoms with Gasteiger partial charge >= 0.3 is 0 Å². The Balaban J connectivity index is 1.26. The van der Waals surface area contributed by atoms with E-state index in [-0.39, 0.29) is 11.7 Å². The number of carbonyl (C=O) groups excluding carboxylic acids is 1. The molecule has 5 nitrogen and oxygen atoms in total. The van der Waals surface area contributed by atoms with Crippen LogP contribution in [0.5, 0.6) is 0 Å². The van der Waals surface area contributed by atoms with Crippen molar-refractivity contribution in [2.45, 2.75) is 30.9 Å². The molecule has 0 unspecified atom stereocenters. The molecular formula is C29H25FN4OS. The Morgan fingerprint density at radius 2 is 1.72 bits per heavy atom. The molecule has 0 bridgehead atoms. The van der Waals surface area contributed by atoms with Crippen molar-refractivity contribution in [2.75, 3.05) is 0 Å². The molecule has 1 N–H and O–H groups in total. The molecular weight excluding hydrogens is 471 g/mol. The molecule has 7 heteroatoms. The van der Waals surface area contributed by atoms with Crippen LogP contribution in [0.4, 0.5) is 4.39 Å². The first kappa shape index (κ1) is 23.8. The number of aromatic nitrogens is 3. The molecule has 0 aliphatic rings. The molecule has 5 rings (SSSR count). The molecule has 180 valence electrons. The first-order chi connectivity index (χ1) is 17.6. The molecule has 2 heterocycles. The van der Waals surface area contributed by atoms with Crippen LogP contribution in [0.15, 0.2) is 96.4 Å². The van der Waals surface area contributed by atoms with Crippen molar-refractivity contribution in [3.63, 3.8) is 0 Å². The van der Waals surface area contributed by atoms with E-state index < -0.39 is 0 Å². The number of amides is 1. The molecule has 0 aliphatic heterocycles. The maximum atomic E-state index is 13.4. The minimum atomic E-state index is -0.252. The second-order valence-corrected chi connectivity index (χ2v) is 9.51. The van der Waals surface area contributed by atoms with Crippen molar-refractivity contribution in [3.8, 4) is 0 Å². The number of benzene rings is 3. The third-order valence-corrected chi connectivity index (χ3v) is 7.10. The second-order valence-electron chi connectivity index (χ2n) is 8.57. The summed E-state index contributed by atoms with van der Waals surface area (Å²) in [6.45, 7) is 3.12. The van der Waals surface area contributed by atoms with Gasteiger partial charge in [0.05, 0.1) is 23.8 Å². The van der Waals surface area contributed by atoms with E-state index in [0.29, 0.717) is 24.4 Å².